The number of methoxy groups -OCH3 is 1. The van der Waals surface area contributed by atoms with Gasteiger partial charge in [0.25, 0.3) is 0 Å². The Hall–Kier alpha value is -3.56. The first-order valence-electron chi connectivity index (χ1n) is 9.71. The third kappa shape index (κ3) is 12.2. The number of Topliss-reactive ketones (excluding diaryl/α,β-unsaturated/α-hetero) is 1. The molecule has 2 rings (SSSR count). The molecule has 0 N–H and O–H groups in total. The van der Waals surface area contributed by atoms with E-state index in [1.165, 1.54) is 55.5 Å². The smallest absolute Gasteiger partial charge is 0.340 e. The van der Waals surface area contributed by atoms with Crippen molar-refractivity contribution in [3.63, 3.8) is 0 Å². The number of carbonyl (C=O) groups is 4. The second-order valence-electron chi connectivity index (χ2n) is 6.43. The van der Waals surface area contributed by atoms with Crippen molar-refractivity contribution >= 4 is 23.7 Å². The zero-order valence-electron chi connectivity index (χ0n) is 17.8. The van der Waals surface area contributed by atoms with Crippen molar-refractivity contribution in [2.45, 2.75) is 36.6 Å². The van der Waals surface area contributed by atoms with Crippen LogP contribution in [-0.2, 0) is 23.7 Å². The Labute approximate surface area is 214 Å². The molecule has 2 aromatic carbocycles. The minimum Gasteiger partial charge on any atom is -0.460 e. The van der Waals surface area contributed by atoms with Crippen molar-refractivity contribution in [3.05, 3.63) is 70.8 Å². The van der Waals surface area contributed by atoms with Crippen molar-refractivity contribution in [2.75, 3.05) is 40.3 Å². The van der Waals surface area contributed by atoms with Crippen LogP contribution in [0.4, 0.5) is 0 Å². The lowest BCUT2D eigenvalue weighted by Crippen LogP contribution is -2.14. The Kier molecular flexibility index (Phi) is 20.3. The monoisotopic (exact) mass is 508 g/mol. The summed E-state index contributed by atoms with van der Waals surface area (Å²) in [4.78, 5) is 47.2. The summed E-state index contributed by atoms with van der Waals surface area (Å²) in [5, 5.41) is 0. The maximum absolute atomic E-state index is 12.1. The molecular formula is C27H40O9. The number of benzene rings is 2. The first-order chi connectivity index (χ1) is 15.4. The largest absolute Gasteiger partial charge is 0.460 e. The van der Waals surface area contributed by atoms with Gasteiger partial charge >= 0.3 is 17.9 Å². The van der Waals surface area contributed by atoms with Gasteiger partial charge in [0.1, 0.15) is 6.61 Å². The fraction of sp³-hybridized carbons (Fsp3) is 0.407. The number of esters is 3. The first-order valence-corrected chi connectivity index (χ1v) is 9.71. The van der Waals surface area contributed by atoms with E-state index in [0.717, 1.165) is 0 Å². The quantitative estimate of drug-likeness (QED) is 0.165. The van der Waals surface area contributed by atoms with Crippen LogP contribution >= 0.6 is 0 Å². The molecule has 0 saturated heterocycles. The van der Waals surface area contributed by atoms with E-state index in [1.807, 2.05) is 0 Å². The van der Waals surface area contributed by atoms with Crippen molar-refractivity contribution in [1.82, 2.24) is 0 Å². The molecule has 2 aromatic rings. The van der Waals surface area contributed by atoms with Gasteiger partial charge in [0.2, 0.25) is 6.79 Å². The molecule has 36 heavy (non-hydrogen) atoms. The zero-order chi connectivity index (χ0) is 23.3. The fourth-order valence-corrected chi connectivity index (χ4v) is 2.41. The molecule has 0 radical (unpaired) electrons. The number of rotatable bonds is 12. The molecule has 0 aliphatic carbocycles. The molecule has 9 heteroatoms. The molecule has 0 amide bonds. The molecule has 9 nitrogen and oxygen atoms in total. The maximum Gasteiger partial charge on any atom is 0.340 e. The third-order valence-electron chi connectivity index (χ3n) is 4.16. The summed E-state index contributed by atoms with van der Waals surface area (Å²) in [6.45, 7) is 2.04. The topological polar surface area (TPSA) is 114 Å². The molecule has 0 heterocycles. The SMILES string of the molecule is C.C.C.C.COCCOCCOC(=O)c1ccc(C(=O)OCOC(=O)c2ccc(C(C)=O)cc2)cc1. The molecule has 0 saturated carbocycles. The number of carbonyl (C=O) groups excluding carboxylic acids is 4. The normalized spacial score (nSPS) is 9.17. The van der Waals surface area contributed by atoms with Crippen molar-refractivity contribution < 1.29 is 42.9 Å². The Balaban J connectivity index is -0.00000272. The second kappa shape index (κ2) is 19.7. The Bertz CT molecular complexity index is 919. The van der Waals surface area contributed by atoms with Gasteiger partial charge < -0.3 is 23.7 Å². The minimum atomic E-state index is -0.726. The molecule has 0 spiro atoms. The van der Waals surface area contributed by atoms with Crippen LogP contribution in [0.25, 0.3) is 0 Å². The van der Waals surface area contributed by atoms with Gasteiger partial charge in [0, 0.05) is 12.7 Å². The van der Waals surface area contributed by atoms with Gasteiger partial charge in [-0.2, -0.15) is 0 Å². The Morgan fingerprint density at radius 2 is 0.917 bits per heavy atom. The summed E-state index contributed by atoms with van der Waals surface area (Å²) >= 11 is 0. The first kappa shape index (κ1) is 37.0. The minimum absolute atomic E-state index is 0. The molecule has 0 fully saturated rings. The van der Waals surface area contributed by atoms with Gasteiger partial charge in [-0.25, -0.2) is 14.4 Å². The highest BCUT2D eigenvalue weighted by Crippen LogP contribution is 2.09. The maximum atomic E-state index is 12.1. The van der Waals surface area contributed by atoms with Crippen LogP contribution in [0.1, 0.15) is 78.1 Å². The van der Waals surface area contributed by atoms with Crippen LogP contribution in [0, 0.1) is 0 Å². The molecule has 0 atom stereocenters. The molecule has 202 valence electrons. The summed E-state index contributed by atoms with van der Waals surface area (Å²) < 4.78 is 24.9. The molecule has 0 aliphatic rings. The molecular weight excluding hydrogens is 468 g/mol. The lowest BCUT2D eigenvalue weighted by Gasteiger charge is -2.08. The number of hydrogen-bond acceptors (Lipinski definition) is 9. The van der Waals surface area contributed by atoms with E-state index in [9.17, 15) is 19.2 Å². The van der Waals surface area contributed by atoms with E-state index in [2.05, 4.69) is 0 Å². The van der Waals surface area contributed by atoms with E-state index in [0.29, 0.717) is 18.8 Å². The van der Waals surface area contributed by atoms with E-state index in [1.54, 1.807) is 7.11 Å². The van der Waals surface area contributed by atoms with Crippen molar-refractivity contribution in [1.29, 1.82) is 0 Å². The van der Waals surface area contributed by atoms with Gasteiger partial charge in [-0.15, -0.1) is 0 Å². The van der Waals surface area contributed by atoms with Gasteiger partial charge in [0.15, 0.2) is 5.78 Å². The molecule has 0 bridgehead atoms. The molecule has 0 unspecified atom stereocenters. The van der Waals surface area contributed by atoms with Crippen LogP contribution in [0.2, 0.25) is 0 Å². The van der Waals surface area contributed by atoms with E-state index in [-0.39, 0.29) is 65.4 Å². The predicted octanol–water partition coefficient (Wildman–Crippen LogP) is 5.22. The summed E-state index contributed by atoms with van der Waals surface area (Å²) in [5.74, 6) is -2.09. The summed E-state index contributed by atoms with van der Waals surface area (Å²) in [6, 6.07) is 11.6. The van der Waals surface area contributed by atoms with E-state index < -0.39 is 24.7 Å². The summed E-state index contributed by atoms with van der Waals surface area (Å²) in [6.07, 6.45) is 0. The van der Waals surface area contributed by atoms with E-state index >= 15 is 0 Å². The van der Waals surface area contributed by atoms with Crippen LogP contribution in [0.3, 0.4) is 0 Å². The van der Waals surface area contributed by atoms with E-state index in [4.69, 9.17) is 23.7 Å². The Morgan fingerprint density at radius 1 is 0.556 bits per heavy atom. The molecule has 0 aliphatic heterocycles. The van der Waals surface area contributed by atoms with Crippen LogP contribution in [0.15, 0.2) is 48.5 Å². The van der Waals surface area contributed by atoms with Crippen LogP contribution < -0.4 is 0 Å². The van der Waals surface area contributed by atoms with Crippen molar-refractivity contribution in [2.24, 2.45) is 0 Å². The van der Waals surface area contributed by atoms with Gasteiger partial charge in [-0.3, -0.25) is 4.79 Å². The van der Waals surface area contributed by atoms with Crippen LogP contribution in [-0.4, -0.2) is 64.0 Å². The number of ketones is 1. The van der Waals surface area contributed by atoms with Crippen LogP contribution in [0.5, 0.6) is 0 Å². The average molecular weight is 509 g/mol. The highest BCUT2D eigenvalue weighted by Gasteiger charge is 2.13. The predicted molar refractivity (Wildman–Crippen MR) is 138 cm³/mol. The fourth-order valence-electron chi connectivity index (χ4n) is 2.41. The third-order valence-corrected chi connectivity index (χ3v) is 4.16. The lowest BCUT2D eigenvalue weighted by atomic mass is 10.1. The standard InChI is InChI=1S/C23H24O9.4CH4/c1-16(24)17-3-5-19(6-4-17)22(26)31-15-32-23(27)20-9-7-18(8-10-20)21(25)30-14-13-29-12-11-28-2;;;;/h3-10H,11-15H2,1-2H3;4*1H4. The lowest BCUT2D eigenvalue weighted by molar-refractivity contribution is -0.0167. The molecule has 0 aromatic heterocycles. The average Bonchev–Trinajstić information content (AvgIpc) is 2.81. The highest BCUT2D eigenvalue weighted by atomic mass is 16.7. The van der Waals surface area contributed by atoms with Crippen molar-refractivity contribution in [3.8, 4) is 0 Å². The Morgan fingerprint density at radius 3 is 1.31 bits per heavy atom. The second-order valence-corrected chi connectivity index (χ2v) is 6.43. The van der Waals surface area contributed by atoms with Gasteiger partial charge in [-0.05, 0) is 43.3 Å². The zero-order valence-corrected chi connectivity index (χ0v) is 17.8. The summed E-state index contributed by atoms with van der Waals surface area (Å²) in [5.41, 5.74) is 1.12. The highest BCUT2D eigenvalue weighted by molar-refractivity contribution is 5.96. The summed E-state index contributed by atoms with van der Waals surface area (Å²) in [7, 11) is 1.56. The van der Waals surface area contributed by atoms with Gasteiger partial charge in [0.05, 0.1) is 36.5 Å². The number of hydrogen-bond donors (Lipinski definition) is 0. The van der Waals surface area contributed by atoms with Gasteiger partial charge in [-0.1, -0.05) is 41.8 Å². The number of ether oxygens (including phenoxy) is 5.